The van der Waals surface area contributed by atoms with Crippen LogP contribution in [-0.2, 0) is 9.53 Å². The summed E-state index contributed by atoms with van der Waals surface area (Å²) in [7, 11) is 1.70. The molecule has 2 heterocycles. The van der Waals surface area contributed by atoms with Gasteiger partial charge in [0.25, 0.3) is 5.91 Å². The molecule has 4 rings (SSSR count). The monoisotopic (exact) mass is 487 g/mol. The van der Waals surface area contributed by atoms with Crippen LogP contribution in [0, 0.1) is 5.41 Å². The van der Waals surface area contributed by atoms with Crippen molar-refractivity contribution in [2.24, 2.45) is 0 Å². The molecule has 6 N–H and O–H groups in total. The summed E-state index contributed by atoms with van der Waals surface area (Å²) in [6.07, 6.45) is 6.37. The second-order valence-corrected chi connectivity index (χ2v) is 8.14. The van der Waals surface area contributed by atoms with Gasteiger partial charge in [-0.15, -0.1) is 0 Å². The number of nitrogens with zero attached hydrogens (tertiary/aromatic N) is 2. The fourth-order valence-electron chi connectivity index (χ4n) is 3.61. The number of nitrogens with two attached hydrogens (primary N) is 1. The molecule has 186 valence electrons. The van der Waals surface area contributed by atoms with Crippen molar-refractivity contribution in [2.75, 3.05) is 36.6 Å². The van der Waals surface area contributed by atoms with E-state index in [0.717, 1.165) is 18.4 Å². The minimum atomic E-state index is -0.515. The summed E-state index contributed by atoms with van der Waals surface area (Å²) in [5, 5.41) is 16.4. The molecule has 1 aliphatic rings. The number of benzene rings is 2. The van der Waals surface area contributed by atoms with Gasteiger partial charge in [0.05, 0.1) is 24.6 Å². The van der Waals surface area contributed by atoms with Gasteiger partial charge in [-0.05, 0) is 54.7 Å². The van der Waals surface area contributed by atoms with E-state index in [1.54, 1.807) is 37.5 Å². The molecule has 0 radical (unpaired) electrons. The van der Waals surface area contributed by atoms with E-state index in [1.807, 2.05) is 24.3 Å². The van der Waals surface area contributed by atoms with Gasteiger partial charge < -0.3 is 31.2 Å². The van der Waals surface area contributed by atoms with E-state index < -0.39 is 5.91 Å². The average molecular weight is 488 g/mol. The van der Waals surface area contributed by atoms with Crippen LogP contribution in [0.5, 0.6) is 5.75 Å². The highest BCUT2D eigenvalue weighted by molar-refractivity contribution is 6.45. The number of amides is 1. The maximum Gasteiger partial charge on any atom is 0.273 e. The number of nitrogen functional groups attached to an aromatic ring is 1. The number of hydrogen-bond acceptors (Lipinski definition) is 9. The molecule has 0 spiro atoms. The van der Waals surface area contributed by atoms with Crippen molar-refractivity contribution in [1.29, 1.82) is 5.41 Å². The highest BCUT2D eigenvalue weighted by Crippen LogP contribution is 2.30. The van der Waals surface area contributed by atoms with Crippen LogP contribution in [0.2, 0.25) is 0 Å². The third kappa shape index (κ3) is 6.57. The number of ether oxygens (including phenoxy) is 2. The third-order valence-electron chi connectivity index (χ3n) is 5.46. The summed E-state index contributed by atoms with van der Waals surface area (Å²) in [4.78, 5) is 21.1. The molecule has 10 nitrogen and oxygen atoms in total. The van der Waals surface area contributed by atoms with Gasteiger partial charge in [0, 0.05) is 43.0 Å². The standard InChI is InChI=1S/C26H29N7O3/c1-29-11-7-21(27)25(34)31-18-3-2-4-19(16-18)32-26-30-12-8-23(33-26)17-5-6-24(22(28)15-17)36-20-9-13-35-14-10-20/h2-8,11-12,15-16,20,27,29H,9-10,13-14,28H2,1H3,(H,31,34)(H,30,32,33)/b11-7-,27-21?. The number of carbonyl (C=O) groups excluding carboxylic acids is 1. The topological polar surface area (TPSA) is 147 Å². The normalized spacial score (nSPS) is 13.8. The lowest BCUT2D eigenvalue weighted by Crippen LogP contribution is -2.26. The van der Waals surface area contributed by atoms with Crippen molar-refractivity contribution in [2.45, 2.75) is 18.9 Å². The Morgan fingerprint density at radius 2 is 1.97 bits per heavy atom. The van der Waals surface area contributed by atoms with Gasteiger partial charge in [-0.3, -0.25) is 10.2 Å². The van der Waals surface area contributed by atoms with Crippen molar-refractivity contribution in [1.82, 2.24) is 15.3 Å². The molecule has 0 atom stereocenters. The van der Waals surface area contributed by atoms with Crippen LogP contribution in [-0.4, -0.2) is 48.0 Å². The minimum Gasteiger partial charge on any atom is -0.488 e. The van der Waals surface area contributed by atoms with E-state index in [0.29, 0.717) is 47.7 Å². The largest absolute Gasteiger partial charge is 0.488 e. The zero-order valence-electron chi connectivity index (χ0n) is 20.0. The van der Waals surface area contributed by atoms with E-state index in [-0.39, 0.29) is 11.8 Å². The van der Waals surface area contributed by atoms with E-state index >= 15 is 0 Å². The van der Waals surface area contributed by atoms with Crippen LogP contribution >= 0.6 is 0 Å². The Bertz CT molecular complexity index is 1260. The first-order valence-corrected chi connectivity index (χ1v) is 11.6. The van der Waals surface area contributed by atoms with E-state index in [1.165, 1.54) is 12.3 Å². The highest BCUT2D eigenvalue weighted by atomic mass is 16.5. The number of aromatic nitrogens is 2. The van der Waals surface area contributed by atoms with Crippen LogP contribution in [0.25, 0.3) is 11.3 Å². The third-order valence-corrected chi connectivity index (χ3v) is 5.46. The summed E-state index contributed by atoms with van der Waals surface area (Å²) in [6.45, 7) is 1.40. The molecule has 10 heteroatoms. The molecule has 1 aromatic heterocycles. The van der Waals surface area contributed by atoms with E-state index in [4.69, 9.17) is 20.6 Å². The first-order chi connectivity index (χ1) is 17.5. The quantitative estimate of drug-likeness (QED) is 0.227. The molecule has 3 aromatic rings. The number of anilines is 4. The van der Waals surface area contributed by atoms with Gasteiger partial charge in [-0.1, -0.05) is 6.07 Å². The lowest BCUT2D eigenvalue weighted by Gasteiger charge is -2.24. The van der Waals surface area contributed by atoms with Crippen molar-refractivity contribution >= 4 is 34.6 Å². The Morgan fingerprint density at radius 1 is 1.17 bits per heavy atom. The van der Waals surface area contributed by atoms with Gasteiger partial charge in [0.2, 0.25) is 5.95 Å². The van der Waals surface area contributed by atoms with Gasteiger partial charge in [-0.2, -0.15) is 0 Å². The van der Waals surface area contributed by atoms with Gasteiger partial charge >= 0.3 is 0 Å². The first-order valence-electron chi connectivity index (χ1n) is 11.6. The van der Waals surface area contributed by atoms with Crippen LogP contribution < -0.4 is 26.4 Å². The molecule has 1 amide bonds. The van der Waals surface area contributed by atoms with Crippen molar-refractivity contribution in [3.63, 3.8) is 0 Å². The second-order valence-electron chi connectivity index (χ2n) is 8.14. The molecule has 1 fully saturated rings. The summed E-state index contributed by atoms with van der Waals surface area (Å²) in [6, 6.07) is 14.5. The lowest BCUT2D eigenvalue weighted by molar-refractivity contribution is -0.110. The van der Waals surface area contributed by atoms with Gasteiger partial charge in [0.1, 0.15) is 17.6 Å². The van der Waals surface area contributed by atoms with E-state index in [2.05, 4.69) is 25.9 Å². The second kappa shape index (κ2) is 11.8. The Balaban J connectivity index is 1.44. The summed E-state index contributed by atoms with van der Waals surface area (Å²) in [5.74, 6) is 0.534. The van der Waals surface area contributed by atoms with Crippen LogP contribution in [0.3, 0.4) is 0 Å². The SMILES string of the molecule is CN/C=C\C(=N)C(=O)Nc1cccc(Nc2nccc(-c3ccc(OC4CCOCC4)c(N)c3)n2)c1. The van der Waals surface area contributed by atoms with Crippen molar-refractivity contribution in [3.05, 3.63) is 67.0 Å². The Hall–Kier alpha value is -4.44. The molecule has 0 unspecified atom stereocenters. The van der Waals surface area contributed by atoms with Gasteiger partial charge in [0.15, 0.2) is 0 Å². The number of hydrogen-bond donors (Lipinski definition) is 5. The number of nitrogens with one attached hydrogen (secondary N) is 4. The van der Waals surface area contributed by atoms with E-state index in [9.17, 15) is 4.79 Å². The molecule has 0 bridgehead atoms. The smallest absolute Gasteiger partial charge is 0.273 e. The Kier molecular flexibility index (Phi) is 8.09. The Labute approximate surface area is 209 Å². The van der Waals surface area contributed by atoms with Crippen LogP contribution in [0.15, 0.2) is 67.0 Å². The number of carbonyl (C=O) groups is 1. The predicted molar refractivity (Wildman–Crippen MR) is 141 cm³/mol. The Morgan fingerprint density at radius 3 is 2.75 bits per heavy atom. The molecule has 36 heavy (non-hydrogen) atoms. The zero-order chi connectivity index (χ0) is 25.3. The van der Waals surface area contributed by atoms with Gasteiger partial charge in [-0.25, -0.2) is 9.97 Å². The molecule has 0 aliphatic carbocycles. The van der Waals surface area contributed by atoms with Crippen LogP contribution in [0.4, 0.5) is 23.0 Å². The zero-order valence-corrected chi connectivity index (χ0v) is 20.0. The molecule has 1 aliphatic heterocycles. The summed E-state index contributed by atoms with van der Waals surface area (Å²) in [5.41, 5.74) is 9.41. The molecule has 0 saturated carbocycles. The highest BCUT2D eigenvalue weighted by Gasteiger charge is 2.17. The fraction of sp³-hybridized carbons (Fsp3) is 0.231. The summed E-state index contributed by atoms with van der Waals surface area (Å²) >= 11 is 0. The lowest BCUT2D eigenvalue weighted by atomic mass is 10.1. The fourth-order valence-corrected chi connectivity index (χ4v) is 3.61. The van der Waals surface area contributed by atoms with Crippen molar-refractivity contribution < 1.29 is 14.3 Å². The molecule has 2 aromatic carbocycles. The average Bonchev–Trinajstić information content (AvgIpc) is 2.89. The van der Waals surface area contributed by atoms with Crippen LogP contribution in [0.1, 0.15) is 12.8 Å². The first kappa shape index (κ1) is 24.7. The minimum absolute atomic E-state index is 0.109. The van der Waals surface area contributed by atoms with Crippen molar-refractivity contribution in [3.8, 4) is 17.0 Å². The molecule has 1 saturated heterocycles. The number of rotatable bonds is 9. The summed E-state index contributed by atoms with van der Waals surface area (Å²) < 4.78 is 11.4. The maximum atomic E-state index is 12.2. The molecular weight excluding hydrogens is 458 g/mol. The maximum absolute atomic E-state index is 12.2. The molecular formula is C26H29N7O3. The predicted octanol–water partition coefficient (Wildman–Crippen LogP) is 3.72.